The van der Waals surface area contributed by atoms with Crippen molar-refractivity contribution in [3.63, 3.8) is 0 Å². The van der Waals surface area contributed by atoms with Crippen molar-refractivity contribution in [2.24, 2.45) is 0 Å². The number of carbonyl (C=O) groups excluding carboxylic acids is 1. The van der Waals surface area contributed by atoms with E-state index in [1.165, 1.54) is 0 Å². The van der Waals surface area contributed by atoms with Crippen molar-refractivity contribution in [2.45, 2.75) is 38.9 Å². The van der Waals surface area contributed by atoms with Gasteiger partial charge in [-0.15, -0.1) is 11.6 Å². The van der Waals surface area contributed by atoms with E-state index in [1.54, 1.807) is 17.0 Å². The van der Waals surface area contributed by atoms with Gasteiger partial charge in [0.1, 0.15) is 23.7 Å². The lowest BCUT2D eigenvalue weighted by molar-refractivity contribution is 0.0581. The highest BCUT2D eigenvalue weighted by Gasteiger charge is 2.37. The smallest absolute Gasteiger partial charge is 0.414 e. The summed E-state index contributed by atoms with van der Waals surface area (Å²) >= 11 is 6.25. The molecule has 1 aliphatic rings. The van der Waals surface area contributed by atoms with Crippen LogP contribution in [0, 0.1) is 0 Å². The van der Waals surface area contributed by atoms with Crippen LogP contribution in [-0.2, 0) is 11.3 Å². The number of hydrogen-bond donors (Lipinski definition) is 2. The zero-order chi connectivity index (χ0) is 23.0. The van der Waals surface area contributed by atoms with E-state index in [0.717, 1.165) is 11.1 Å². The van der Waals surface area contributed by atoms with Gasteiger partial charge in [-0.1, -0.05) is 30.3 Å². The summed E-state index contributed by atoms with van der Waals surface area (Å²) in [4.78, 5) is 29.1. The molecule has 2 heterocycles. The van der Waals surface area contributed by atoms with E-state index in [4.69, 9.17) is 21.1 Å². The lowest BCUT2D eigenvalue weighted by atomic mass is 9.98. The number of benzene rings is 2. The largest absolute Gasteiger partial charge is 0.487 e. The average Bonchev–Trinajstić information content (AvgIpc) is 3.33. The number of carboxylic acid groups (broad SMARTS) is 1. The fourth-order valence-electron chi connectivity index (χ4n) is 3.92. The number of amides is 1. The number of alkyl halides is 1. The van der Waals surface area contributed by atoms with Crippen molar-refractivity contribution < 1.29 is 24.2 Å². The normalized spacial score (nSPS) is 15.6. The third-order valence-corrected chi connectivity index (χ3v) is 5.64. The standard InChI is InChI=1S/C24H25ClN2O5/c1-24(2,3)32-23(30)27-12-15(11-25)20-16-9-17(22(28)29)26-21(16)19(10-18(20)27)31-13-14-7-5-4-6-8-14/h4-10,15,26H,11-13H2,1-3H3,(H,28,29)/t15-/m1/s1. The Hall–Kier alpha value is -3.19. The number of nitrogens with one attached hydrogen (secondary N) is 1. The average molecular weight is 457 g/mol. The van der Waals surface area contributed by atoms with Crippen molar-refractivity contribution >= 4 is 40.3 Å². The first-order valence-electron chi connectivity index (χ1n) is 10.3. The minimum Gasteiger partial charge on any atom is -0.487 e. The van der Waals surface area contributed by atoms with Crippen LogP contribution in [0.25, 0.3) is 10.9 Å². The van der Waals surface area contributed by atoms with Gasteiger partial charge >= 0.3 is 12.1 Å². The highest BCUT2D eigenvalue weighted by atomic mass is 35.5. The van der Waals surface area contributed by atoms with Gasteiger partial charge in [0.2, 0.25) is 0 Å². The van der Waals surface area contributed by atoms with E-state index >= 15 is 0 Å². The Morgan fingerprint density at radius 1 is 1.22 bits per heavy atom. The van der Waals surface area contributed by atoms with Crippen LogP contribution in [0.5, 0.6) is 5.75 Å². The molecule has 2 N–H and O–H groups in total. The molecule has 0 saturated carbocycles. The van der Waals surface area contributed by atoms with Crippen molar-refractivity contribution in [3.05, 3.63) is 59.3 Å². The van der Waals surface area contributed by atoms with Gasteiger partial charge in [-0.25, -0.2) is 9.59 Å². The van der Waals surface area contributed by atoms with Crippen molar-refractivity contribution in [1.29, 1.82) is 0 Å². The first kappa shape index (κ1) is 22.0. The Morgan fingerprint density at radius 2 is 1.94 bits per heavy atom. The molecule has 1 aromatic heterocycles. The lowest BCUT2D eigenvalue weighted by Gasteiger charge is -2.25. The summed E-state index contributed by atoms with van der Waals surface area (Å²) in [7, 11) is 0. The topological polar surface area (TPSA) is 91.9 Å². The highest BCUT2D eigenvalue weighted by Crippen LogP contribution is 2.46. The summed E-state index contributed by atoms with van der Waals surface area (Å²) in [5.41, 5.74) is 2.36. The Morgan fingerprint density at radius 3 is 2.56 bits per heavy atom. The molecule has 0 aliphatic carbocycles. The van der Waals surface area contributed by atoms with Gasteiger partial charge in [0.25, 0.3) is 0 Å². The maximum Gasteiger partial charge on any atom is 0.414 e. The summed E-state index contributed by atoms with van der Waals surface area (Å²) in [5, 5.41) is 10.2. The maximum atomic E-state index is 12.9. The summed E-state index contributed by atoms with van der Waals surface area (Å²) in [6.45, 7) is 6.07. The molecule has 3 aromatic rings. The Labute approximate surface area is 190 Å². The van der Waals surface area contributed by atoms with E-state index in [0.29, 0.717) is 35.5 Å². The zero-order valence-electron chi connectivity index (χ0n) is 18.1. The van der Waals surface area contributed by atoms with E-state index < -0.39 is 17.7 Å². The summed E-state index contributed by atoms with van der Waals surface area (Å²) in [6, 6.07) is 13.0. The third-order valence-electron chi connectivity index (χ3n) is 5.27. The first-order valence-corrected chi connectivity index (χ1v) is 10.9. The molecule has 0 bridgehead atoms. The highest BCUT2D eigenvalue weighted by molar-refractivity contribution is 6.19. The molecule has 0 unspecified atom stereocenters. The number of anilines is 1. The van der Waals surface area contributed by atoms with Gasteiger partial charge in [-0.2, -0.15) is 0 Å². The summed E-state index contributed by atoms with van der Waals surface area (Å²) in [5.74, 6) is -0.506. The second-order valence-electron chi connectivity index (χ2n) is 8.80. The predicted molar refractivity (Wildman–Crippen MR) is 123 cm³/mol. The molecular weight excluding hydrogens is 432 g/mol. The number of H-pyrrole nitrogens is 1. The van der Waals surface area contributed by atoms with Crippen molar-refractivity contribution in [3.8, 4) is 5.75 Å². The molecule has 2 aromatic carbocycles. The van der Waals surface area contributed by atoms with Crippen LogP contribution in [0.1, 0.15) is 48.3 Å². The minimum absolute atomic E-state index is 0.0435. The Balaban J connectivity index is 1.82. The molecule has 0 spiro atoms. The molecule has 8 heteroatoms. The molecule has 0 fully saturated rings. The molecule has 1 amide bonds. The van der Waals surface area contributed by atoms with Crippen LogP contribution in [0.15, 0.2) is 42.5 Å². The third kappa shape index (κ3) is 4.25. The summed E-state index contributed by atoms with van der Waals surface area (Å²) < 4.78 is 11.7. The number of aromatic nitrogens is 1. The Kier molecular flexibility index (Phi) is 5.77. The van der Waals surface area contributed by atoms with E-state index in [2.05, 4.69) is 4.98 Å². The number of carbonyl (C=O) groups is 2. The molecular formula is C24H25ClN2O5. The van der Waals surface area contributed by atoms with Crippen LogP contribution in [0.4, 0.5) is 10.5 Å². The molecule has 32 heavy (non-hydrogen) atoms. The number of halogens is 1. The van der Waals surface area contributed by atoms with Crippen LogP contribution in [-0.4, -0.2) is 40.2 Å². The van der Waals surface area contributed by atoms with E-state index in [1.807, 2.05) is 51.1 Å². The van der Waals surface area contributed by atoms with Gasteiger partial charge in [0, 0.05) is 29.8 Å². The minimum atomic E-state index is -1.08. The number of rotatable bonds is 5. The fourth-order valence-corrected chi connectivity index (χ4v) is 4.17. The fraction of sp³-hybridized carbons (Fsp3) is 0.333. The molecule has 1 aliphatic heterocycles. The molecule has 7 nitrogen and oxygen atoms in total. The zero-order valence-corrected chi connectivity index (χ0v) is 18.9. The van der Waals surface area contributed by atoms with Gasteiger partial charge in [-0.05, 0) is 38.0 Å². The van der Waals surface area contributed by atoms with Crippen LogP contribution in [0.2, 0.25) is 0 Å². The van der Waals surface area contributed by atoms with E-state index in [9.17, 15) is 14.7 Å². The quantitative estimate of drug-likeness (QED) is 0.493. The molecule has 1 atom stereocenters. The monoisotopic (exact) mass is 456 g/mol. The summed E-state index contributed by atoms with van der Waals surface area (Å²) in [6.07, 6.45) is -0.478. The molecule has 0 saturated heterocycles. The van der Waals surface area contributed by atoms with Gasteiger partial charge in [-0.3, -0.25) is 4.90 Å². The predicted octanol–water partition coefficient (Wildman–Crippen LogP) is 5.52. The Bertz CT molecular complexity index is 1170. The SMILES string of the molecule is CC(C)(C)OC(=O)N1C[C@@H](CCl)c2c1cc(OCc1ccccc1)c1[nH]c(C(=O)O)cc21. The molecule has 4 rings (SSSR count). The second kappa shape index (κ2) is 8.39. The number of aromatic amines is 1. The van der Waals surface area contributed by atoms with Crippen LogP contribution < -0.4 is 9.64 Å². The number of carboxylic acids is 1. The number of hydrogen-bond acceptors (Lipinski definition) is 4. The maximum absolute atomic E-state index is 12.9. The van der Waals surface area contributed by atoms with Crippen molar-refractivity contribution in [1.82, 2.24) is 4.98 Å². The number of aromatic carboxylic acids is 1. The van der Waals surface area contributed by atoms with E-state index in [-0.39, 0.29) is 17.5 Å². The lowest BCUT2D eigenvalue weighted by Crippen LogP contribution is -2.36. The van der Waals surface area contributed by atoms with Crippen LogP contribution in [0.3, 0.4) is 0 Å². The van der Waals surface area contributed by atoms with Crippen molar-refractivity contribution in [2.75, 3.05) is 17.3 Å². The van der Waals surface area contributed by atoms with Gasteiger partial charge < -0.3 is 19.6 Å². The van der Waals surface area contributed by atoms with Crippen LogP contribution >= 0.6 is 11.6 Å². The van der Waals surface area contributed by atoms with Gasteiger partial charge in [0.15, 0.2) is 0 Å². The molecule has 0 radical (unpaired) electrons. The molecule has 168 valence electrons. The first-order chi connectivity index (χ1) is 15.2. The number of fused-ring (bicyclic) bond motifs is 3. The van der Waals surface area contributed by atoms with Gasteiger partial charge in [0.05, 0.1) is 11.2 Å². The second-order valence-corrected chi connectivity index (χ2v) is 9.11. The number of nitrogens with zero attached hydrogens (tertiary/aromatic N) is 1. The number of ether oxygens (including phenoxy) is 2.